The van der Waals surface area contributed by atoms with Gasteiger partial charge in [0.15, 0.2) is 0 Å². The Morgan fingerprint density at radius 1 is 1.14 bits per heavy atom. The molecule has 2 aromatic carbocycles. The van der Waals surface area contributed by atoms with E-state index in [-0.39, 0.29) is 23.9 Å². The summed E-state index contributed by atoms with van der Waals surface area (Å²) in [7, 11) is 0. The second-order valence-electron chi connectivity index (χ2n) is 6.89. The van der Waals surface area contributed by atoms with Crippen LogP contribution in [0.4, 0.5) is 11.4 Å². The molecule has 1 aliphatic heterocycles. The van der Waals surface area contributed by atoms with Gasteiger partial charge in [-0.2, -0.15) is 0 Å². The van der Waals surface area contributed by atoms with Crippen molar-refractivity contribution in [2.75, 3.05) is 16.8 Å². The lowest BCUT2D eigenvalue weighted by atomic mass is 10.1. The summed E-state index contributed by atoms with van der Waals surface area (Å²) in [6.45, 7) is 2.50. The average Bonchev–Trinajstić information content (AvgIpc) is 3.11. The number of nitrogens with one attached hydrogen (secondary N) is 1. The lowest BCUT2D eigenvalue weighted by molar-refractivity contribution is -0.117. The van der Waals surface area contributed by atoms with E-state index in [4.69, 9.17) is 0 Å². The van der Waals surface area contributed by atoms with Crippen LogP contribution in [0.25, 0.3) is 10.9 Å². The monoisotopic (exact) mass is 376 g/mol. The molecule has 0 radical (unpaired) electrons. The van der Waals surface area contributed by atoms with Gasteiger partial charge in [-0.25, -0.2) is 4.98 Å². The molecule has 7 heteroatoms. The van der Waals surface area contributed by atoms with Crippen LogP contribution in [0.1, 0.15) is 18.4 Å². The fourth-order valence-corrected chi connectivity index (χ4v) is 3.45. The van der Waals surface area contributed by atoms with Crippen LogP contribution in [-0.2, 0) is 16.1 Å². The standard InChI is InChI=1S/C21H20N4O3/c1-14-4-2-5-17-20(14)22-13-24(21(17)28)12-18(26)23-15-7-9-16(10-8-15)25-11-3-6-19(25)27/h2,4-5,7-10,13H,3,6,11-12H2,1H3,(H,23,26). The lowest BCUT2D eigenvalue weighted by Gasteiger charge is -2.16. The van der Waals surface area contributed by atoms with Gasteiger partial charge in [-0.3, -0.25) is 19.0 Å². The van der Waals surface area contributed by atoms with Gasteiger partial charge in [0, 0.05) is 24.3 Å². The molecule has 1 aliphatic rings. The van der Waals surface area contributed by atoms with Crippen LogP contribution in [0, 0.1) is 6.92 Å². The van der Waals surface area contributed by atoms with Gasteiger partial charge >= 0.3 is 0 Å². The number of anilines is 2. The smallest absolute Gasteiger partial charge is 0.261 e. The van der Waals surface area contributed by atoms with Crippen LogP contribution in [0.2, 0.25) is 0 Å². The third-order valence-corrected chi connectivity index (χ3v) is 4.91. The van der Waals surface area contributed by atoms with Gasteiger partial charge in [0.05, 0.1) is 17.2 Å². The van der Waals surface area contributed by atoms with E-state index in [0.29, 0.717) is 23.0 Å². The molecule has 0 unspecified atom stereocenters. The molecule has 2 heterocycles. The number of aromatic nitrogens is 2. The van der Waals surface area contributed by atoms with Crippen molar-refractivity contribution in [3.63, 3.8) is 0 Å². The lowest BCUT2D eigenvalue weighted by Crippen LogP contribution is -2.28. The minimum absolute atomic E-state index is 0.121. The van der Waals surface area contributed by atoms with E-state index in [1.54, 1.807) is 29.2 Å². The van der Waals surface area contributed by atoms with Crippen molar-refractivity contribution < 1.29 is 9.59 Å². The van der Waals surface area contributed by atoms with Crippen LogP contribution < -0.4 is 15.8 Å². The summed E-state index contributed by atoms with van der Waals surface area (Å²) in [4.78, 5) is 42.8. The summed E-state index contributed by atoms with van der Waals surface area (Å²) in [6, 6.07) is 12.5. The third kappa shape index (κ3) is 3.38. The van der Waals surface area contributed by atoms with Gasteiger partial charge in [-0.1, -0.05) is 12.1 Å². The van der Waals surface area contributed by atoms with Gasteiger partial charge in [0.1, 0.15) is 6.54 Å². The minimum Gasteiger partial charge on any atom is -0.325 e. The number of benzene rings is 2. The van der Waals surface area contributed by atoms with Crippen LogP contribution in [0.15, 0.2) is 53.6 Å². The van der Waals surface area contributed by atoms with Crippen molar-refractivity contribution in [1.82, 2.24) is 9.55 Å². The van der Waals surface area contributed by atoms with E-state index in [1.165, 1.54) is 10.9 Å². The fourth-order valence-electron chi connectivity index (χ4n) is 3.45. The zero-order chi connectivity index (χ0) is 19.7. The maximum atomic E-state index is 12.6. The largest absolute Gasteiger partial charge is 0.325 e. The highest BCUT2D eigenvalue weighted by atomic mass is 16.2. The molecule has 1 fully saturated rings. The summed E-state index contributed by atoms with van der Waals surface area (Å²) < 4.78 is 1.30. The van der Waals surface area contributed by atoms with E-state index in [9.17, 15) is 14.4 Å². The molecule has 0 spiro atoms. The number of carbonyl (C=O) groups excluding carboxylic acids is 2. The molecule has 0 bridgehead atoms. The van der Waals surface area contributed by atoms with Crippen molar-refractivity contribution in [2.45, 2.75) is 26.3 Å². The van der Waals surface area contributed by atoms with Crippen LogP contribution >= 0.6 is 0 Å². The highest BCUT2D eigenvalue weighted by Gasteiger charge is 2.21. The molecule has 2 amide bonds. The maximum Gasteiger partial charge on any atom is 0.261 e. The van der Waals surface area contributed by atoms with Crippen molar-refractivity contribution in [2.24, 2.45) is 0 Å². The Hall–Kier alpha value is -3.48. The number of para-hydroxylation sites is 1. The molecule has 1 N–H and O–H groups in total. The summed E-state index contributed by atoms with van der Waals surface area (Å²) in [5, 5.41) is 3.27. The minimum atomic E-state index is -0.319. The summed E-state index contributed by atoms with van der Waals surface area (Å²) in [5.41, 5.74) is 2.76. The Morgan fingerprint density at radius 3 is 2.64 bits per heavy atom. The zero-order valence-electron chi connectivity index (χ0n) is 15.5. The predicted octanol–water partition coefficient (Wildman–Crippen LogP) is 2.47. The molecular formula is C21H20N4O3. The van der Waals surface area contributed by atoms with Crippen molar-refractivity contribution >= 4 is 34.1 Å². The fraction of sp³-hybridized carbons (Fsp3) is 0.238. The normalized spacial score (nSPS) is 13.9. The number of carbonyl (C=O) groups is 2. The van der Waals surface area contributed by atoms with Crippen molar-refractivity contribution in [3.8, 4) is 0 Å². The zero-order valence-corrected chi connectivity index (χ0v) is 15.5. The third-order valence-electron chi connectivity index (χ3n) is 4.91. The van der Waals surface area contributed by atoms with Gasteiger partial charge in [-0.15, -0.1) is 0 Å². The van der Waals surface area contributed by atoms with E-state index in [2.05, 4.69) is 10.3 Å². The van der Waals surface area contributed by atoms with Crippen molar-refractivity contribution in [3.05, 3.63) is 64.7 Å². The molecule has 3 aromatic rings. The molecule has 0 saturated carbocycles. The second-order valence-corrected chi connectivity index (χ2v) is 6.89. The van der Waals surface area contributed by atoms with Crippen molar-refractivity contribution in [1.29, 1.82) is 0 Å². The molecule has 28 heavy (non-hydrogen) atoms. The quantitative estimate of drug-likeness (QED) is 0.758. The molecule has 0 atom stereocenters. The number of aryl methyl sites for hydroxylation is 1. The number of fused-ring (bicyclic) bond motifs is 1. The van der Waals surface area contributed by atoms with Gasteiger partial charge in [0.25, 0.3) is 5.56 Å². The van der Waals surface area contributed by atoms with Crippen LogP contribution in [0.5, 0.6) is 0 Å². The highest BCUT2D eigenvalue weighted by molar-refractivity contribution is 5.96. The maximum absolute atomic E-state index is 12.6. The number of rotatable bonds is 4. The Balaban J connectivity index is 1.47. The first-order valence-electron chi connectivity index (χ1n) is 9.18. The first-order valence-corrected chi connectivity index (χ1v) is 9.18. The Bertz CT molecular complexity index is 1120. The Morgan fingerprint density at radius 2 is 1.93 bits per heavy atom. The SMILES string of the molecule is Cc1cccc2c(=O)n(CC(=O)Nc3ccc(N4CCCC4=O)cc3)cnc12. The van der Waals surface area contributed by atoms with E-state index in [1.807, 2.05) is 25.1 Å². The number of nitrogens with zero attached hydrogens (tertiary/aromatic N) is 3. The van der Waals surface area contributed by atoms with Crippen LogP contribution in [-0.4, -0.2) is 27.9 Å². The average molecular weight is 376 g/mol. The van der Waals surface area contributed by atoms with E-state index in [0.717, 1.165) is 24.2 Å². The first-order chi connectivity index (χ1) is 13.5. The molecule has 142 valence electrons. The number of amides is 2. The summed E-state index contributed by atoms with van der Waals surface area (Å²) in [6.07, 6.45) is 2.84. The number of hydrogen-bond acceptors (Lipinski definition) is 4. The van der Waals surface area contributed by atoms with Gasteiger partial charge < -0.3 is 10.2 Å². The Labute approximate surface area is 161 Å². The molecule has 1 aromatic heterocycles. The topological polar surface area (TPSA) is 84.3 Å². The van der Waals surface area contributed by atoms with E-state index >= 15 is 0 Å². The molecule has 0 aliphatic carbocycles. The van der Waals surface area contributed by atoms with Gasteiger partial charge in [0.2, 0.25) is 11.8 Å². The molecule has 7 nitrogen and oxygen atoms in total. The van der Waals surface area contributed by atoms with E-state index < -0.39 is 0 Å². The Kier molecular flexibility index (Phi) is 4.65. The summed E-state index contributed by atoms with van der Waals surface area (Å²) in [5.74, 6) is -0.198. The van der Waals surface area contributed by atoms with Crippen LogP contribution in [0.3, 0.4) is 0 Å². The predicted molar refractivity (Wildman–Crippen MR) is 107 cm³/mol. The van der Waals surface area contributed by atoms with Gasteiger partial charge in [-0.05, 0) is 49.2 Å². The highest BCUT2D eigenvalue weighted by Crippen LogP contribution is 2.23. The summed E-state index contributed by atoms with van der Waals surface area (Å²) >= 11 is 0. The molecule has 4 rings (SSSR count). The second kappa shape index (κ2) is 7.26. The first kappa shape index (κ1) is 17.9. The molecular weight excluding hydrogens is 356 g/mol. The number of hydrogen-bond donors (Lipinski definition) is 1. The molecule has 1 saturated heterocycles.